The summed E-state index contributed by atoms with van der Waals surface area (Å²) in [4.78, 5) is 6.73. The number of nitrogens with zero attached hydrogens (tertiary/aromatic N) is 6. The highest BCUT2D eigenvalue weighted by Crippen LogP contribution is 2.43. The first-order chi connectivity index (χ1) is 14.8. The van der Waals surface area contributed by atoms with Crippen molar-refractivity contribution >= 4 is 11.4 Å². The summed E-state index contributed by atoms with van der Waals surface area (Å²) in [5.41, 5.74) is 4.43. The summed E-state index contributed by atoms with van der Waals surface area (Å²) in [7, 11) is 1.99. The van der Waals surface area contributed by atoms with Crippen molar-refractivity contribution in [3.8, 4) is 22.9 Å². The first kappa shape index (κ1) is 18.4. The topological polar surface area (TPSA) is 91.9 Å². The molecule has 0 amide bonds. The number of aryl methyl sites for hydroxylation is 1. The lowest BCUT2D eigenvalue weighted by Gasteiger charge is -2.35. The van der Waals surface area contributed by atoms with Crippen LogP contribution in [0.4, 0.5) is 11.4 Å². The van der Waals surface area contributed by atoms with Gasteiger partial charge in [-0.2, -0.15) is 5.26 Å². The van der Waals surface area contributed by atoms with Crippen molar-refractivity contribution < 1.29 is 4.74 Å². The molecule has 1 aromatic carbocycles. The number of pyridine rings is 1. The van der Waals surface area contributed by atoms with Gasteiger partial charge in [-0.15, -0.1) is 10.2 Å². The summed E-state index contributed by atoms with van der Waals surface area (Å²) in [6.07, 6.45) is 7.31. The third-order valence-electron chi connectivity index (χ3n) is 5.93. The van der Waals surface area contributed by atoms with E-state index in [2.05, 4.69) is 37.5 Å². The number of ether oxygens (including phenoxy) is 1. The predicted molar refractivity (Wildman–Crippen MR) is 114 cm³/mol. The van der Waals surface area contributed by atoms with E-state index in [-0.39, 0.29) is 0 Å². The summed E-state index contributed by atoms with van der Waals surface area (Å²) < 4.78 is 7.98. The Morgan fingerprint density at radius 2 is 2.07 bits per heavy atom. The molecule has 152 valence electrons. The average molecular weight is 401 g/mol. The molecule has 0 saturated carbocycles. The molecule has 3 aromatic rings. The van der Waals surface area contributed by atoms with Crippen molar-refractivity contribution in [2.75, 3.05) is 36.5 Å². The van der Waals surface area contributed by atoms with Gasteiger partial charge in [0, 0.05) is 49.9 Å². The SMILES string of the molecule is Cn1cnnc1C1CCN(c2c(C#N)cccc2-c2cncc3c2OCCN3)CC1. The summed E-state index contributed by atoms with van der Waals surface area (Å²) in [6, 6.07) is 8.26. The number of hydrogen-bond acceptors (Lipinski definition) is 7. The van der Waals surface area contributed by atoms with Crippen LogP contribution < -0.4 is 15.0 Å². The van der Waals surface area contributed by atoms with E-state index in [0.29, 0.717) is 18.1 Å². The van der Waals surface area contributed by atoms with E-state index in [1.54, 1.807) is 12.5 Å². The minimum Gasteiger partial charge on any atom is -0.489 e. The van der Waals surface area contributed by atoms with Gasteiger partial charge < -0.3 is 19.5 Å². The summed E-state index contributed by atoms with van der Waals surface area (Å²) in [6.45, 7) is 3.08. The van der Waals surface area contributed by atoms with Crippen molar-refractivity contribution in [3.63, 3.8) is 0 Å². The molecule has 5 rings (SSSR count). The fraction of sp³-hybridized carbons (Fsp3) is 0.364. The Balaban J connectivity index is 1.51. The Labute approximate surface area is 175 Å². The van der Waals surface area contributed by atoms with Crippen LogP contribution in [0.5, 0.6) is 5.75 Å². The molecule has 8 heteroatoms. The Morgan fingerprint density at radius 1 is 1.20 bits per heavy atom. The van der Waals surface area contributed by atoms with Crippen LogP contribution in [0, 0.1) is 11.3 Å². The maximum absolute atomic E-state index is 9.84. The van der Waals surface area contributed by atoms with E-state index in [1.165, 1.54) is 0 Å². The molecule has 0 aliphatic carbocycles. The molecule has 0 bridgehead atoms. The maximum atomic E-state index is 9.84. The second-order valence-electron chi connectivity index (χ2n) is 7.71. The van der Waals surface area contributed by atoms with Crippen LogP contribution in [-0.4, -0.2) is 46.0 Å². The van der Waals surface area contributed by atoms with Crippen LogP contribution in [0.15, 0.2) is 36.9 Å². The number of anilines is 2. The molecule has 2 aromatic heterocycles. The monoisotopic (exact) mass is 401 g/mol. The van der Waals surface area contributed by atoms with Crippen molar-refractivity contribution in [1.82, 2.24) is 19.7 Å². The van der Waals surface area contributed by atoms with Crippen LogP contribution in [0.3, 0.4) is 0 Å². The van der Waals surface area contributed by atoms with Crippen LogP contribution in [0.1, 0.15) is 30.1 Å². The summed E-state index contributed by atoms with van der Waals surface area (Å²) in [5.74, 6) is 2.22. The number of piperidine rings is 1. The first-order valence-corrected chi connectivity index (χ1v) is 10.2. The molecule has 0 radical (unpaired) electrons. The summed E-state index contributed by atoms with van der Waals surface area (Å²) >= 11 is 0. The minimum atomic E-state index is 0.380. The zero-order valence-corrected chi connectivity index (χ0v) is 16.9. The van der Waals surface area contributed by atoms with Crippen molar-refractivity contribution in [2.45, 2.75) is 18.8 Å². The Kier molecular flexibility index (Phi) is 4.71. The van der Waals surface area contributed by atoms with Crippen LogP contribution >= 0.6 is 0 Å². The number of hydrogen-bond donors (Lipinski definition) is 1. The number of para-hydroxylation sites is 1. The number of nitrogens with one attached hydrogen (secondary N) is 1. The van der Waals surface area contributed by atoms with Gasteiger partial charge in [0.15, 0.2) is 5.75 Å². The normalized spacial score (nSPS) is 16.3. The van der Waals surface area contributed by atoms with Crippen molar-refractivity contribution in [3.05, 3.63) is 48.3 Å². The van der Waals surface area contributed by atoms with Gasteiger partial charge in [0.05, 0.1) is 23.1 Å². The van der Waals surface area contributed by atoms with Crippen LogP contribution in [-0.2, 0) is 7.05 Å². The van der Waals surface area contributed by atoms with Gasteiger partial charge >= 0.3 is 0 Å². The van der Waals surface area contributed by atoms with Crippen LogP contribution in [0.2, 0.25) is 0 Å². The lowest BCUT2D eigenvalue weighted by Crippen LogP contribution is -2.34. The van der Waals surface area contributed by atoms with E-state index < -0.39 is 0 Å². The lowest BCUT2D eigenvalue weighted by atomic mass is 9.93. The highest BCUT2D eigenvalue weighted by molar-refractivity contribution is 5.88. The largest absolute Gasteiger partial charge is 0.489 e. The Bertz CT molecular complexity index is 1110. The summed E-state index contributed by atoms with van der Waals surface area (Å²) in [5, 5.41) is 21.5. The molecule has 30 heavy (non-hydrogen) atoms. The zero-order valence-electron chi connectivity index (χ0n) is 16.9. The Morgan fingerprint density at radius 3 is 2.83 bits per heavy atom. The van der Waals surface area contributed by atoms with Gasteiger partial charge in [-0.3, -0.25) is 4.98 Å². The molecule has 0 atom stereocenters. The molecule has 1 saturated heterocycles. The predicted octanol–water partition coefficient (Wildman–Crippen LogP) is 2.94. The number of nitriles is 1. The van der Waals surface area contributed by atoms with Gasteiger partial charge in [-0.25, -0.2) is 0 Å². The van der Waals surface area contributed by atoms with E-state index in [0.717, 1.165) is 66.6 Å². The second-order valence-corrected chi connectivity index (χ2v) is 7.71. The molecule has 1 N–H and O–H groups in total. The molecular weight excluding hydrogens is 378 g/mol. The minimum absolute atomic E-state index is 0.380. The smallest absolute Gasteiger partial charge is 0.153 e. The zero-order chi connectivity index (χ0) is 20.5. The molecule has 8 nitrogen and oxygen atoms in total. The highest BCUT2D eigenvalue weighted by atomic mass is 16.5. The number of rotatable bonds is 3. The van der Waals surface area contributed by atoms with E-state index in [9.17, 15) is 5.26 Å². The molecule has 2 aliphatic rings. The molecule has 0 unspecified atom stereocenters. The fourth-order valence-corrected chi connectivity index (χ4v) is 4.48. The maximum Gasteiger partial charge on any atom is 0.153 e. The van der Waals surface area contributed by atoms with E-state index in [1.807, 2.05) is 29.9 Å². The van der Waals surface area contributed by atoms with Gasteiger partial charge in [0.1, 0.15) is 24.8 Å². The van der Waals surface area contributed by atoms with Crippen LogP contribution in [0.25, 0.3) is 11.1 Å². The standard InChI is InChI=1S/C22H23N7O/c1-28-14-26-27-22(28)15-5-8-29(9-6-15)20-16(11-23)3-2-4-17(20)18-12-24-13-19-21(18)30-10-7-25-19/h2-4,12-15,25H,5-10H2,1H3. The van der Waals surface area contributed by atoms with E-state index in [4.69, 9.17) is 4.74 Å². The van der Waals surface area contributed by atoms with Crippen molar-refractivity contribution in [2.24, 2.45) is 7.05 Å². The third-order valence-corrected chi connectivity index (χ3v) is 5.93. The molecule has 4 heterocycles. The van der Waals surface area contributed by atoms with Gasteiger partial charge in [0.25, 0.3) is 0 Å². The molecule has 2 aliphatic heterocycles. The van der Waals surface area contributed by atoms with Crippen molar-refractivity contribution in [1.29, 1.82) is 5.26 Å². The number of benzene rings is 1. The third kappa shape index (κ3) is 3.12. The molecule has 1 fully saturated rings. The number of aromatic nitrogens is 4. The van der Waals surface area contributed by atoms with E-state index >= 15 is 0 Å². The molecule has 0 spiro atoms. The second kappa shape index (κ2) is 7.67. The van der Waals surface area contributed by atoms with Gasteiger partial charge in [-0.05, 0) is 18.9 Å². The van der Waals surface area contributed by atoms with Gasteiger partial charge in [0.2, 0.25) is 0 Å². The highest BCUT2D eigenvalue weighted by Gasteiger charge is 2.28. The fourth-order valence-electron chi connectivity index (χ4n) is 4.48. The average Bonchev–Trinajstić information content (AvgIpc) is 3.24. The lowest BCUT2D eigenvalue weighted by molar-refractivity contribution is 0.324. The number of fused-ring (bicyclic) bond motifs is 1. The first-order valence-electron chi connectivity index (χ1n) is 10.2. The van der Waals surface area contributed by atoms with Gasteiger partial charge in [-0.1, -0.05) is 12.1 Å². The quantitative estimate of drug-likeness (QED) is 0.721. The molecular formula is C22H23N7O. The Hall–Kier alpha value is -3.60.